The van der Waals surface area contributed by atoms with Crippen molar-refractivity contribution < 1.29 is 24.2 Å². The van der Waals surface area contributed by atoms with Crippen LogP contribution in [0.3, 0.4) is 0 Å². The van der Waals surface area contributed by atoms with E-state index >= 15 is 0 Å². The number of anilines is 1. The van der Waals surface area contributed by atoms with Crippen LogP contribution in [0.5, 0.6) is 11.5 Å². The Balaban J connectivity index is 1.68. The van der Waals surface area contributed by atoms with Crippen LogP contribution < -0.4 is 14.8 Å². The van der Waals surface area contributed by atoms with Gasteiger partial charge >= 0.3 is 5.97 Å². The average Bonchev–Trinajstić information content (AvgIpc) is 3.03. The normalized spacial score (nSPS) is 16.5. The van der Waals surface area contributed by atoms with E-state index in [0.717, 1.165) is 0 Å². The topological polar surface area (TPSA) is 103 Å². The van der Waals surface area contributed by atoms with E-state index in [1.54, 1.807) is 18.2 Å². The first-order valence-electron chi connectivity index (χ1n) is 7.36. The van der Waals surface area contributed by atoms with Crippen LogP contribution in [-0.4, -0.2) is 39.5 Å². The number of nitrogens with one attached hydrogen (secondary N) is 1. The Morgan fingerprint density at radius 2 is 2.04 bits per heavy atom. The third-order valence-corrected chi connectivity index (χ3v) is 3.75. The van der Waals surface area contributed by atoms with Gasteiger partial charge in [0, 0.05) is 6.20 Å². The van der Waals surface area contributed by atoms with Crippen molar-refractivity contribution >= 4 is 17.6 Å². The highest BCUT2D eigenvalue weighted by molar-refractivity contribution is 5.94. The van der Waals surface area contributed by atoms with Crippen molar-refractivity contribution in [3.8, 4) is 11.5 Å². The molecule has 1 aromatic heterocycles. The van der Waals surface area contributed by atoms with Crippen molar-refractivity contribution in [3.05, 3.63) is 36.7 Å². The van der Waals surface area contributed by atoms with Gasteiger partial charge in [0.25, 0.3) is 5.91 Å². The molecular weight excluding hydrogens is 314 g/mol. The molecule has 1 aromatic carbocycles. The molecule has 2 aromatic rings. The lowest BCUT2D eigenvalue weighted by molar-refractivity contribution is -0.146. The lowest BCUT2D eigenvalue weighted by Gasteiger charge is -2.25. The Morgan fingerprint density at radius 1 is 1.33 bits per heavy atom. The van der Waals surface area contributed by atoms with E-state index in [9.17, 15) is 14.7 Å². The van der Waals surface area contributed by atoms with Gasteiger partial charge in [0.05, 0.1) is 11.9 Å². The Labute approximate surface area is 138 Å². The molecule has 3 rings (SSSR count). The fourth-order valence-electron chi connectivity index (χ4n) is 2.16. The van der Waals surface area contributed by atoms with Crippen LogP contribution in [0.4, 0.5) is 5.69 Å². The molecule has 1 amide bonds. The number of ether oxygens (including phenoxy) is 2. The molecule has 126 valence electrons. The number of carbonyl (C=O) groups excluding carboxylic acids is 1. The van der Waals surface area contributed by atoms with Crippen LogP contribution in [0.1, 0.15) is 13.8 Å². The number of aliphatic carboxylic acids is 1. The van der Waals surface area contributed by atoms with E-state index in [-0.39, 0.29) is 6.61 Å². The summed E-state index contributed by atoms with van der Waals surface area (Å²) in [5.74, 6) is -0.314. The molecule has 1 aliphatic rings. The summed E-state index contributed by atoms with van der Waals surface area (Å²) < 4.78 is 12.4. The number of nitrogens with zero attached hydrogens (tertiary/aromatic N) is 2. The Kier molecular flexibility index (Phi) is 3.88. The van der Waals surface area contributed by atoms with Gasteiger partial charge in [0.1, 0.15) is 6.61 Å². The Hall–Kier alpha value is -3.03. The first-order valence-corrected chi connectivity index (χ1v) is 7.36. The number of hydrogen-bond acceptors (Lipinski definition) is 5. The highest BCUT2D eigenvalue weighted by Crippen LogP contribution is 2.31. The van der Waals surface area contributed by atoms with Gasteiger partial charge in [0.15, 0.2) is 17.0 Å². The van der Waals surface area contributed by atoms with Gasteiger partial charge in [-0.25, -0.2) is 4.79 Å². The second-order valence-corrected chi connectivity index (χ2v) is 5.89. The molecule has 1 unspecified atom stereocenters. The molecular formula is C16H17N3O5. The minimum atomic E-state index is -1.22. The van der Waals surface area contributed by atoms with Crippen LogP contribution in [0, 0.1) is 0 Å². The smallest absolute Gasteiger partial charge is 0.331 e. The first kappa shape index (κ1) is 15.9. The number of carboxylic acids is 1. The summed E-state index contributed by atoms with van der Waals surface area (Å²) in [4.78, 5) is 23.5. The summed E-state index contributed by atoms with van der Waals surface area (Å²) in [6.07, 6.45) is 2.06. The van der Waals surface area contributed by atoms with E-state index in [1.807, 2.05) is 6.07 Å². The van der Waals surface area contributed by atoms with Gasteiger partial charge in [-0.15, -0.1) is 0 Å². The van der Waals surface area contributed by atoms with Crippen molar-refractivity contribution in [2.75, 3.05) is 11.9 Å². The summed E-state index contributed by atoms with van der Waals surface area (Å²) in [6, 6.07) is 7.10. The standard InChI is InChI=1S/C16H17N3O5/c1-16(2,15(21)22)19-8-10(7-17-19)18-14(20)13-9-23-11-5-3-4-6-12(11)24-13/h3-8,13H,9H2,1-2H3,(H,18,20)(H,21,22). The molecule has 0 aliphatic carbocycles. The fourth-order valence-corrected chi connectivity index (χ4v) is 2.16. The number of hydrogen-bond donors (Lipinski definition) is 2. The molecule has 24 heavy (non-hydrogen) atoms. The predicted octanol–water partition coefficient (Wildman–Crippen LogP) is 1.48. The van der Waals surface area contributed by atoms with Gasteiger partial charge in [-0.1, -0.05) is 12.1 Å². The Bertz CT molecular complexity index is 784. The first-order chi connectivity index (χ1) is 11.4. The zero-order valence-electron chi connectivity index (χ0n) is 13.2. The minimum absolute atomic E-state index is 0.0948. The number of para-hydroxylation sites is 2. The number of fused-ring (bicyclic) bond motifs is 1. The number of amides is 1. The van der Waals surface area contributed by atoms with Crippen molar-refractivity contribution in [2.45, 2.75) is 25.5 Å². The molecule has 2 heterocycles. The number of aromatic nitrogens is 2. The second-order valence-electron chi connectivity index (χ2n) is 5.89. The molecule has 8 nitrogen and oxygen atoms in total. The Morgan fingerprint density at radius 3 is 2.75 bits per heavy atom. The largest absolute Gasteiger partial charge is 0.485 e. The molecule has 0 saturated carbocycles. The maximum atomic E-state index is 12.3. The van der Waals surface area contributed by atoms with E-state index in [2.05, 4.69) is 10.4 Å². The van der Waals surface area contributed by atoms with Crippen LogP contribution in [0.2, 0.25) is 0 Å². The highest BCUT2D eigenvalue weighted by atomic mass is 16.6. The third kappa shape index (κ3) is 2.90. The monoisotopic (exact) mass is 331 g/mol. The van der Waals surface area contributed by atoms with Crippen LogP contribution in [0.25, 0.3) is 0 Å². The summed E-state index contributed by atoms with van der Waals surface area (Å²) >= 11 is 0. The minimum Gasteiger partial charge on any atom is -0.485 e. The number of rotatable bonds is 4. The van der Waals surface area contributed by atoms with Gasteiger partial charge in [-0.05, 0) is 26.0 Å². The lowest BCUT2D eigenvalue weighted by atomic mass is 10.1. The van der Waals surface area contributed by atoms with Crippen molar-refractivity contribution in [1.29, 1.82) is 0 Å². The molecule has 0 radical (unpaired) electrons. The number of carbonyl (C=O) groups is 2. The quantitative estimate of drug-likeness (QED) is 0.880. The number of carboxylic acid groups (broad SMARTS) is 1. The van der Waals surface area contributed by atoms with Crippen LogP contribution >= 0.6 is 0 Å². The van der Waals surface area contributed by atoms with Crippen molar-refractivity contribution in [3.63, 3.8) is 0 Å². The summed E-state index contributed by atoms with van der Waals surface area (Å²) in [5.41, 5.74) is -0.830. The fraction of sp³-hybridized carbons (Fsp3) is 0.312. The molecule has 0 saturated heterocycles. The van der Waals surface area contributed by atoms with E-state index < -0.39 is 23.5 Å². The molecule has 1 atom stereocenters. The zero-order valence-corrected chi connectivity index (χ0v) is 13.2. The molecule has 2 N–H and O–H groups in total. The molecule has 1 aliphatic heterocycles. The molecule has 0 spiro atoms. The highest BCUT2D eigenvalue weighted by Gasteiger charge is 2.31. The van der Waals surface area contributed by atoms with Crippen molar-refractivity contribution in [2.24, 2.45) is 0 Å². The molecule has 0 bridgehead atoms. The van der Waals surface area contributed by atoms with Crippen LogP contribution in [0.15, 0.2) is 36.7 Å². The van der Waals surface area contributed by atoms with E-state index in [1.165, 1.54) is 30.9 Å². The number of benzene rings is 1. The summed E-state index contributed by atoms with van der Waals surface area (Å²) in [7, 11) is 0. The second kappa shape index (κ2) is 5.88. The van der Waals surface area contributed by atoms with E-state index in [4.69, 9.17) is 9.47 Å². The van der Waals surface area contributed by atoms with Crippen molar-refractivity contribution in [1.82, 2.24) is 9.78 Å². The van der Waals surface area contributed by atoms with Gasteiger partial charge in [-0.2, -0.15) is 5.10 Å². The molecule has 8 heteroatoms. The average molecular weight is 331 g/mol. The van der Waals surface area contributed by atoms with Gasteiger partial charge in [0.2, 0.25) is 6.10 Å². The maximum Gasteiger partial charge on any atom is 0.331 e. The molecule has 0 fully saturated rings. The van der Waals surface area contributed by atoms with Gasteiger partial charge < -0.3 is 19.9 Å². The third-order valence-electron chi connectivity index (χ3n) is 3.75. The zero-order chi connectivity index (χ0) is 17.3. The van der Waals surface area contributed by atoms with Gasteiger partial charge in [-0.3, -0.25) is 9.48 Å². The summed E-state index contributed by atoms with van der Waals surface area (Å²) in [6.45, 7) is 3.13. The lowest BCUT2D eigenvalue weighted by Crippen LogP contribution is -2.40. The maximum absolute atomic E-state index is 12.3. The summed E-state index contributed by atoms with van der Waals surface area (Å²) in [5, 5.41) is 15.8. The SMILES string of the molecule is CC(C)(C(=O)O)n1cc(NC(=O)C2COc3ccccc3O2)cn1. The van der Waals surface area contributed by atoms with E-state index in [0.29, 0.717) is 17.2 Å². The predicted molar refractivity (Wildman–Crippen MR) is 84.2 cm³/mol. The van der Waals surface area contributed by atoms with Crippen LogP contribution in [-0.2, 0) is 15.1 Å².